The molecule has 0 fully saturated rings. The summed E-state index contributed by atoms with van der Waals surface area (Å²) in [7, 11) is 0. The number of aliphatic hydroxyl groups excluding tert-OH is 1. The molecule has 1 aromatic carbocycles. The third-order valence-electron chi connectivity index (χ3n) is 2.68. The topological polar surface area (TPSA) is 45.1 Å². The Morgan fingerprint density at radius 3 is 2.61 bits per heavy atom. The first-order chi connectivity index (χ1) is 8.77. The van der Waals surface area contributed by atoms with Crippen LogP contribution in [-0.2, 0) is 6.54 Å². The number of aromatic nitrogens is 1. The van der Waals surface area contributed by atoms with Crippen molar-refractivity contribution in [1.29, 1.82) is 0 Å². The van der Waals surface area contributed by atoms with E-state index in [1.807, 2.05) is 12.1 Å². The second-order valence-electron chi connectivity index (χ2n) is 4.02. The summed E-state index contributed by atoms with van der Waals surface area (Å²) >= 11 is 0. The molecule has 0 radical (unpaired) electrons. The summed E-state index contributed by atoms with van der Waals surface area (Å²) in [5.41, 5.74) is 1.39. The number of nitrogens with one attached hydrogen (secondary N) is 1. The molecule has 1 aromatic heterocycles. The van der Waals surface area contributed by atoms with Gasteiger partial charge in [0.2, 0.25) is 0 Å². The van der Waals surface area contributed by atoms with Gasteiger partial charge >= 0.3 is 0 Å². The smallest absolute Gasteiger partial charge is 0.129 e. The van der Waals surface area contributed by atoms with Crippen molar-refractivity contribution >= 4 is 0 Å². The molecule has 0 saturated heterocycles. The summed E-state index contributed by atoms with van der Waals surface area (Å²) < 4.78 is 13.4. The number of aliphatic hydroxyl groups is 1. The number of hydrogen-bond donors (Lipinski definition) is 2. The van der Waals surface area contributed by atoms with Gasteiger partial charge in [-0.1, -0.05) is 18.2 Å². The minimum absolute atomic E-state index is 0.309. The van der Waals surface area contributed by atoms with Crippen LogP contribution in [0.5, 0.6) is 0 Å². The maximum absolute atomic E-state index is 13.4. The molecular weight excluding hydrogens is 231 g/mol. The molecule has 3 nitrogen and oxygen atoms in total. The number of hydrogen-bond acceptors (Lipinski definition) is 3. The van der Waals surface area contributed by atoms with Crippen LogP contribution in [0.4, 0.5) is 4.39 Å². The largest absolute Gasteiger partial charge is 0.387 e. The van der Waals surface area contributed by atoms with Gasteiger partial charge in [-0.3, -0.25) is 4.98 Å². The molecule has 1 unspecified atom stereocenters. The van der Waals surface area contributed by atoms with Crippen molar-refractivity contribution in [1.82, 2.24) is 10.3 Å². The lowest BCUT2D eigenvalue weighted by molar-refractivity contribution is 0.169. The Balaban J connectivity index is 1.86. The average molecular weight is 246 g/mol. The number of pyridine rings is 1. The van der Waals surface area contributed by atoms with Crippen LogP contribution in [-0.4, -0.2) is 16.6 Å². The van der Waals surface area contributed by atoms with Crippen LogP contribution in [0.1, 0.15) is 17.2 Å². The summed E-state index contributed by atoms with van der Waals surface area (Å²) in [5.74, 6) is -0.379. The summed E-state index contributed by atoms with van der Waals surface area (Å²) in [6.07, 6.45) is 2.59. The lowest BCUT2D eigenvalue weighted by Gasteiger charge is -2.12. The first kappa shape index (κ1) is 12.7. The molecule has 0 amide bonds. The van der Waals surface area contributed by atoms with Crippen LogP contribution in [0.15, 0.2) is 48.8 Å². The zero-order valence-corrected chi connectivity index (χ0v) is 9.88. The van der Waals surface area contributed by atoms with E-state index in [9.17, 15) is 9.50 Å². The van der Waals surface area contributed by atoms with Gasteiger partial charge < -0.3 is 10.4 Å². The van der Waals surface area contributed by atoms with Crippen molar-refractivity contribution in [3.05, 3.63) is 65.7 Å². The van der Waals surface area contributed by atoms with Gasteiger partial charge in [0, 0.05) is 31.0 Å². The zero-order valence-electron chi connectivity index (χ0n) is 9.88. The van der Waals surface area contributed by atoms with E-state index >= 15 is 0 Å². The summed E-state index contributed by atoms with van der Waals surface area (Å²) in [5, 5.41) is 12.9. The molecule has 18 heavy (non-hydrogen) atoms. The van der Waals surface area contributed by atoms with Crippen molar-refractivity contribution < 1.29 is 9.50 Å². The van der Waals surface area contributed by atoms with Gasteiger partial charge in [0.15, 0.2) is 0 Å². The molecule has 2 aromatic rings. The van der Waals surface area contributed by atoms with Gasteiger partial charge in [0.25, 0.3) is 0 Å². The Kier molecular flexibility index (Phi) is 4.39. The van der Waals surface area contributed by atoms with E-state index in [1.54, 1.807) is 30.6 Å². The lowest BCUT2D eigenvalue weighted by Crippen LogP contribution is -2.21. The highest BCUT2D eigenvalue weighted by Crippen LogP contribution is 2.15. The molecule has 0 bridgehead atoms. The number of nitrogens with zero attached hydrogens (tertiary/aromatic N) is 1. The first-order valence-electron chi connectivity index (χ1n) is 5.79. The number of halogens is 1. The van der Waals surface area contributed by atoms with E-state index < -0.39 is 6.10 Å². The summed E-state index contributed by atoms with van der Waals surface area (Å²) in [4.78, 5) is 3.92. The second kappa shape index (κ2) is 6.23. The van der Waals surface area contributed by atoms with Crippen molar-refractivity contribution in [2.24, 2.45) is 0 Å². The molecule has 0 aliphatic heterocycles. The van der Waals surface area contributed by atoms with Gasteiger partial charge in [0.1, 0.15) is 5.82 Å². The Morgan fingerprint density at radius 1 is 1.17 bits per heavy atom. The van der Waals surface area contributed by atoms with E-state index in [-0.39, 0.29) is 5.82 Å². The minimum Gasteiger partial charge on any atom is -0.387 e. The van der Waals surface area contributed by atoms with Gasteiger partial charge in [-0.25, -0.2) is 4.39 Å². The molecule has 0 saturated carbocycles. The SMILES string of the molecule is OC(CNCc1ccncc1)c1ccccc1F. The molecule has 1 atom stereocenters. The number of rotatable bonds is 5. The van der Waals surface area contributed by atoms with Gasteiger partial charge in [-0.05, 0) is 23.8 Å². The van der Waals surface area contributed by atoms with Crippen LogP contribution in [0, 0.1) is 5.82 Å². The maximum Gasteiger partial charge on any atom is 0.129 e. The Labute approximate surface area is 105 Å². The lowest BCUT2D eigenvalue weighted by atomic mass is 10.1. The normalized spacial score (nSPS) is 12.3. The van der Waals surface area contributed by atoms with E-state index in [4.69, 9.17) is 0 Å². The van der Waals surface area contributed by atoms with Crippen LogP contribution in [0.3, 0.4) is 0 Å². The Bertz CT molecular complexity index is 490. The standard InChI is InChI=1S/C14H15FN2O/c15-13-4-2-1-3-12(13)14(18)10-17-9-11-5-7-16-8-6-11/h1-8,14,17-18H,9-10H2. The van der Waals surface area contributed by atoms with Gasteiger partial charge in [-0.15, -0.1) is 0 Å². The quantitative estimate of drug-likeness (QED) is 0.848. The highest BCUT2D eigenvalue weighted by molar-refractivity contribution is 5.20. The molecule has 94 valence electrons. The third kappa shape index (κ3) is 3.35. The third-order valence-corrected chi connectivity index (χ3v) is 2.68. The summed E-state index contributed by atoms with van der Waals surface area (Å²) in [6.45, 7) is 0.928. The molecule has 1 heterocycles. The summed E-state index contributed by atoms with van der Waals surface area (Å²) in [6, 6.07) is 10.0. The monoisotopic (exact) mass is 246 g/mol. The van der Waals surface area contributed by atoms with Crippen molar-refractivity contribution in [2.75, 3.05) is 6.54 Å². The van der Waals surface area contributed by atoms with Crippen molar-refractivity contribution in [3.63, 3.8) is 0 Å². The molecule has 4 heteroatoms. The fourth-order valence-electron chi connectivity index (χ4n) is 1.71. The highest BCUT2D eigenvalue weighted by atomic mass is 19.1. The highest BCUT2D eigenvalue weighted by Gasteiger charge is 2.11. The van der Waals surface area contributed by atoms with E-state index in [0.717, 1.165) is 5.56 Å². The Hall–Kier alpha value is -1.78. The fraction of sp³-hybridized carbons (Fsp3) is 0.214. The maximum atomic E-state index is 13.4. The fourth-order valence-corrected chi connectivity index (χ4v) is 1.71. The molecule has 2 N–H and O–H groups in total. The van der Waals surface area contributed by atoms with Crippen LogP contribution in [0.25, 0.3) is 0 Å². The van der Waals surface area contributed by atoms with Crippen molar-refractivity contribution in [2.45, 2.75) is 12.6 Å². The predicted octanol–water partition coefficient (Wildman–Crippen LogP) is 2.04. The van der Waals surface area contributed by atoms with Crippen LogP contribution < -0.4 is 5.32 Å². The predicted molar refractivity (Wildman–Crippen MR) is 67.3 cm³/mol. The van der Waals surface area contributed by atoms with Crippen LogP contribution >= 0.6 is 0 Å². The molecule has 0 spiro atoms. The van der Waals surface area contributed by atoms with Crippen LogP contribution in [0.2, 0.25) is 0 Å². The second-order valence-corrected chi connectivity index (χ2v) is 4.02. The zero-order chi connectivity index (χ0) is 12.8. The first-order valence-corrected chi connectivity index (χ1v) is 5.79. The van der Waals surface area contributed by atoms with Crippen molar-refractivity contribution in [3.8, 4) is 0 Å². The molecule has 2 rings (SSSR count). The molecular formula is C14H15FN2O. The average Bonchev–Trinajstić information content (AvgIpc) is 2.40. The molecule has 0 aliphatic rings. The molecule has 0 aliphatic carbocycles. The number of benzene rings is 1. The minimum atomic E-state index is -0.840. The van der Waals surface area contributed by atoms with E-state index in [2.05, 4.69) is 10.3 Å². The Morgan fingerprint density at radius 2 is 1.89 bits per heavy atom. The van der Waals surface area contributed by atoms with Gasteiger partial charge in [-0.2, -0.15) is 0 Å². The van der Waals surface area contributed by atoms with E-state index in [1.165, 1.54) is 6.07 Å². The van der Waals surface area contributed by atoms with E-state index in [0.29, 0.717) is 18.7 Å². The van der Waals surface area contributed by atoms with Gasteiger partial charge in [0.05, 0.1) is 6.10 Å².